The van der Waals surface area contributed by atoms with Crippen molar-refractivity contribution in [1.29, 1.82) is 0 Å². The van der Waals surface area contributed by atoms with Crippen LogP contribution < -0.4 is 9.80 Å². The standard InChI is InChI=1S/C20H24N6O2S/c1-20-11-25(19-16-5-7-21-18(16)23-13-24-19)8-6-14(20)10-26(12-20)17-4-3-15(9-22-17)29(2,27)28/h3-5,7,9,13-14H,6,8,10-12H2,1-2H3,(H,21,23,24). The van der Waals surface area contributed by atoms with Crippen LogP contribution >= 0.6 is 0 Å². The maximum Gasteiger partial charge on any atom is 0.177 e. The zero-order valence-electron chi connectivity index (χ0n) is 16.5. The summed E-state index contributed by atoms with van der Waals surface area (Å²) in [5.41, 5.74) is 0.980. The molecule has 0 spiro atoms. The van der Waals surface area contributed by atoms with Crippen LogP contribution in [0.2, 0.25) is 0 Å². The smallest absolute Gasteiger partial charge is 0.177 e. The van der Waals surface area contributed by atoms with E-state index >= 15 is 0 Å². The third-order valence-electron chi connectivity index (χ3n) is 6.38. The van der Waals surface area contributed by atoms with Crippen LogP contribution in [-0.4, -0.2) is 60.8 Å². The average Bonchev–Trinajstić information content (AvgIpc) is 3.30. The molecule has 0 saturated carbocycles. The Morgan fingerprint density at radius 3 is 2.72 bits per heavy atom. The SMILES string of the molecule is CC12CN(c3ccc(S(C)(=O)=O)cn3)CC1CCN(c1ncnc3[nH]ccc13)C2. The zero-order valence-corrected chi connectivity index (χ0v) is 17.4. The van der Waals surface area contributed by atoms with Crippen molar-refractivity contribution in [3.05, 3.63) is 36.9 Å². The topological polar surface area (TPSA) is 95.1 Å². The molecular formula is C20H24N6O2S. The number of aromatic amines is 1. The lowest BCUT2D eigenvalue weighted by molar-refractivity contribution is 0.216. The van der Waals surface area contributed by atoms with Gasteiger partial charge in [0, 0.05) is 50.2 Å². The molecule has 152 valence electrons. The molecule has 3 aromatic heterocycles. The highest BCUT2D eigenvalue weighted by Crippen LogP contribution is 2.44. The Morgan fingerprint density at radius 1 is 1.14 bits per heavy atom. The number of hydrogen-bond donors (Lipinski definition) is 1. The summed E-state index contributed by atoms with van der Waals surface area (Å²) >= 11 is 0. The molecule has 2 unspecified atom stereocenters. The highest BCUT2D eigenvalue weighted by Gasteiger charge is 2.47. The summed E-state index contributed by atoms with van der Waals surface area (Å²) in [5, 5.41) is 1.06. The van der Waals surface area contributed by atoms with E-state index in [-0.39, 0.29) is 10.3 Å². The van der Waals surface area contributed by atoms with Crippen molar-refractivity contribution in [1.82, 2.24) is 19.9 Å². The van der Waals surface area contributed by atoms with Crippen LogP contribution in [0.3, 0.4) is 0 Å². The van der Waals surface area contributed by atoms with Gasteiger partial charge in [-0.15, -0.1) is 0 Å². The van der Waals surface area contributed by atoms with E-state index in [2.05, 4.69) is 36.7 Å². The molecule has 2 aliphatic rings. The molecule has 2 atom stereocenters. The minimum atomic E-state index is -3.23. The molecule has 29 heavy (non-hydrogen) atoms. The first-order valence-corrected chi connectivity index (χ1v) is 11.7. The summed E-state index contributed by atoms with van der Waals surface area (Å²) in [6.45, 7) is 6.06. The Labute approximate surface area is 169 Å². The van der Waals surface area contributed by atoms with Crippen molar-refractivity contribution in [2.75, 3.05) is 42.2 Å². The van der Waals surface area contributed by atoms with Crippen LogP contribution in [0.1, 0.15) is 13.3 Å². The maximum absolute atomic E-state index is 11.7. The van der Waals surface area contributed by atoms with E-state index in [0.29, 0.717) is 5.92 Å². The van der Waals surface area contributed by atoms with E-state index < -0.39 is 9.84 Å². The van der Waals surface area contributed by atoms with Crippen LogP contribution in [0, 0.1) is 11.3 Å². The first-order chi connectivity index (χ1) is 13.8. The molecule has 0 bridgehead atoms. The second-order valence-electron chi connectivity index (χ2n) is 8.50. The van der Waals surface area contributed by atoms with Gasteiger partial charge in [-0.2, -0.15) is 0 Å². The van der Waals surface area contributed by atoms with Crippen LogP contribution in [0.4, 0.5) is 11.6 Å². The van der Waals surface area contributed by atoms with Crippen molar-refractivity contribution < 1.29 is 8.42 Å². The number of rotatable bonds is 3. The van der Waals surface area contributed by atoms with E-state index in [1.807, 2.05) is 18.3 Å². The van der Waals surface area contributed by atoms with Crippen molar-refractivity contribution in [2.24, 2.45) is 11.3 Å². The van der Waals surface area contributed by atoms with Gasteiger partial charge < -0.3 is 14.8 Å². The molecule has 0 radical (unpaired) electrons. The van der Waals surface area contributed by atoms with Gasteiger partial charge in [0.15, 0.2) is 9.84 Å². The number of hydrogen-bond acceptors (Lipinski definition) is 7. The number of sulfone groups is 1. The molecule has 1 N–H and O–H groups in total. The number of nitrogens with zero attached hydrogens (tertiary/aromatic N) is 5. The predicted octanol–water partition coefficient (Wildman–Crippen LogP) is 2.11. The molecule has 5 heterocycles. The fraction of sp³-hybridized carbons (Fsp3) is 0.450. The molecule has 8 nitrogen and oxygen atoms in total. The molecular weight excluding hydrogens is 388 g/mol. The van der Waals surface area contributed by atoms with Gasteiger partial charge in [0.1, 0.15) is 23.6 Å². The molecule has 2 fully saturated rings. The van der Waals surface area contributed by atoms with Gasteiger partial charge in [-0.25, -0.2) is 23.4 Å². The second-order valence-corrected chi connectivity index (χ2v) is 10.5. The van der Waals surface area contributed by atoms with Gasteiger partial charge >= 0.3 is 0 Å². The monoisotopic (exact) mass is 412 g/mol. The Kier molecular flexibility index (Phi) is 4.06. The van der Waals surface area contributed by atoms with Gasteiger partial charge in [-0.3, -0.25) is 0 Å². The number of nitrogens with one attached hydrogen (secondary N) is 1. The molecule has 3 aromatic rings. The van der Waals surface area contributed by atoms with Crippen molar-refractivity contribution in [2.45, 2.75) is 18.2 Å². The number of aromatic nitrogens is 4. The number of anilines is 2. The Hall–Kier alpha value is -2.68. The highest BCUT2D eigenvalue weighted by atomic mass is 32.2. The van der Waals surface area contributed by atoms with E-state index in [1.165, 1.54) is 12.5 Å². The summed E-state index contributed by atoms with van der Waals surface area (Å²) < 4.78 is 23.4. The van der Waals surface area contributed by atoms with E-state index in [9.17, 15) is 8.42 Å². The van der Waals surface area contributed by atoms with E-state index in [1.54, 1.807) is 12.4 Å². The third kappa shape index (κ3) is 3.13. The predicted molar refractivity (Wildman–Crippen MR) is 112 cm³/mol. The summed E-state index contributed by atoms with van der Waals surface area (Å²) in [4.78, 5) is 21.4. The number of pyridine rings is 1. The average molecular weight is 413 g/mol. The molecule has 0 aliphatic carbocycles. The van der Waals surface area contributed by atoms with Gasteiger partial charge in [0.25, 0.3) is 0 Å². The minimum absolute atomic E-state index is 0.114. The zero-order chi connectivity index (χ0) is 20.2. The van der Waals surface area contributed by atoms with Crippen molar-refractivity contribution >= 4 is 32.5 Å². The molecule has 9 heteroatoms. The normalized spacial score (nSPS) is 24.8. The van der Waals surface area contributed by atoms with Crippen molar-refractivity contribution in [3.8, 4) is 0 Å². The summed E-state index contributed by atoms with van der Waals surface area (Å²) in [6, 6.07) is 5.51. The summed E-state index contributed by atoms with van der Waals surface area (Å²) in [7, 11) is -3.23. The lowest BCUT2D eigenvalue weighted by Crippen LogP contribution is -2.47. The second kappa shape index (κ2) is 6.41. The van der Waals surface area contributed by atoms with Crippen LogP contribution in [0.5, 0.6) is 0 Å². The maximum atomic E-state index is 11.7. The molecule has 2 aliphatic heterocycles. The van der Waals surface area contributed by atoms with Crippen LogP contribution in [0.15, 0.2) is 41.8 Å². The first-order valence-electron chi connectivity index (χ1n) is 9.78. The number of piperidine rings is 1. The van der Waals surface area contributed by atoms with Gasteiger partial charge in [0.2, 0.25) is 0 Å². The third-order valence-corrected chi connectivity index (χ3v) is 7.48. The quantitative estimate of drug-likeness (QED) is 0.704. The fourth-order valence-electron chi connectivity index (χ4n) is 4.81. The molecule has 0 aromatic carbocycles. The minimum Gasteiger partial charge on any atom is -0.356 e. The Balaban J connectivity index is 1.38. The summed E-state index contributed by atoms with van der Waals surface area (Å²) in [5.74, 6) is 2.40. The Morgan fingerprint density at radius 2 is 1.97 bits per heavy atom. The van der Waals surface area contributed by atoms with Gasteiger partial charge in [-0.05, 0) is 30.5 Å². The molecule has 0 amide bonds. The van der Waals surface area contributed by atoms with E-state index in [0.717, 1.165) is 55.3 Å². The van der Waals surface area contributed by atoms with Crippen LogP contribution in [0.25, 0.3) is 11.0 Å². The summed E-state index contributed by atoms with van der Waals surface area (Å²) in [6.07, 6.45) is 7.28. The molecule has 2 saturated heterocycles. The lowest BCUT2D eigenvalue weighted by Gasteiger charge is -2.42. The lowest BCUT2D eigenvalue weighted by atomic mass is 9.75. The van der Waals surface area contributed by atoms with Crippen molar-refractivity contribution in [3.63, 3.8) is 0 Å². The number of fused-ring (bicyclic) bond motifs is 2. The number of H-pyrrole nitrogens is 1. The van der Waals surface area contributed by atoms with Crippen LogP contribution in [-0.2, 0) is 9.84 Å². The Bertz CT molecular complexity index is 1160. The van der Waals surface area contributed by atoms with Gasteiger partial charge in [-0.1, -0.05) is 6.92 Å². The largest absolute Gasteiger partial charge is 0.356 e. The molecule has 5 rings (SSSR count). The fourth-order valence-corrected chi connectivity index (χ4v) is 5.37. The van der Waals surface area contributed by atoms with E-state index in [4.69, 9.17) is 0 Å². The van der Waals surface area contributed by atoms with Gasteiger partial charge in [0.05, 0.1) is 10.3 Å². The highest BCUT2D eigenvalue weighted by molar-refractivity contribution is 7.90. The first kappa shape index (κ1) is 18.4.